The van der Waals surface area contributed by atoms with Crippen LogP contribution < -0.4 is 14.2 Å². The zero-order valence-electron chi connectivity index (χ0n) is 31.4. The minimum Gasteiger partial charge on any atom is -0.423 e. The Balaban J connectivity index is 0.000000199. The third-order valence-electron chi connectivity index (χ3n) is 7.95. The van der Waals surface area contributed by atoms with E-state index < -0.39 is 40.9 Å². The van der Waals surface area contributed by atoms with Crippen LogP contribution in [0.2, 0.25) is 0 Å². The lowest BCUT2D eigenvalue weighted by atomic mass is 10.1. The van der Waals surface area contributed by atoms with Crippen molar-refractivity contribution < 1.29 is 41.8 Å². The number of rotatable bonds is 9. The number of hydrogen-bond donors (Lipinski definition) is 0. The van der Waals surface area contributed by atoms with E-state index in [4.69, 9.17) is 30.0 Å². The molecule has 6 rings (SSSR count). The highest BCUT2D eigenvalue weighted by Gasteiger charge is 2.15. The SMILES string of the molecule is C=Cc1ccc(C(=O)Oc2cc(F)c(C#N)c(F)c2)cc1.C=Cc1ccc(C(=O)Oc2ccc(C#N)c(F)c2)cc1.C=Cc1ccc(C(=O)Oc2ccc(C#N)cc2)cc1. The van der Waals surface area contributed by atoms with Crippen LogP contribution in [-0.2, 0) is 0 Å². The Kier molecular flexibility index (Phi) is 15.7. The molecule has 6 aromatic rings. The Morgan fingerprint density at radius 3 is 1.17 bits per heavy atom. The first kappa shape index (κ1) is 43.9. The number of ether oxygens (including phenoxy) is 3. The molecule has 0 radical (unpaired) electrons. The molecule has 0 fully saturated rings. The third-order valence-corrected chi connectivity index (χ3v) is 7.95. The van der Waals surface area contributed by atoms with Crippen molar-refractivity contribution in [2.24, 2.45) is 0 Å². The van der Waals surface area contributed by atoms with Gasteiger partial charge in [-0.1, -0.05) is 74.4 Å². The second kappa shape index (κ2) is 21.5. The highest BCUT2D eigenvalue weighted by molar-refractivity contribution is 5.92. The smallest absolute Gasteiger partial charge is 0.343 e. The van der Waals surface area contributed by atoms with E-state index in [0.29, 0.717) is 22.4 Å². The number of carbonyl (C=O) groups excluding carboxylic acids is 3. The van der Waals surface area contributed by atoms with Gasteiger partial charge in [-0.15, -0.1) is 0 Å². The zero-order chi connectivity index (χ0) is 43.6. The summed E-state index contributed by atoms with van der Waals surface area (Å²) in [5.41, 5.74) is 3.39. The number of nitriles is 3. The molecule has 0 N–H and O–H groups in total. The standard InChI is InChI=1S/C16H9F2NO2.C16H10FNO2.C16H11NO2/c1-2-10-3-5-11(6-4-10)16(20)21-12-7-14(17)13(9-19)15(18)8-12;1-2-11-3-5-12(6-4-11)16(19)20-14-8-7-13(10-18)15(17)9-14;1-2-12-3-7-14(8-4-12)16(18)19-15-9-5-13(11-17)6-10-15/h2-8H,1H2;2-9H,1H2;2-10H,1H2. The monoisotopic (exact) mass is 801 g/mol. The molecule has 9 nitrogen and oxygen atoms in total. The van der Waals surface area contributed by atoms with Gasteiger partial charge in [0.25, 0.3) is 0 Å². The van der Waals surface area contributed by atoms with Crippen molar-refractivity contribution >= 4 is 36.1 Å². The van der Waals surface area contributed by atoms with Crippen molar-refractivity contribution in [1.82, 2.24) is 0 Å². The van der Waals surface area contributed by atoms with Crippen molar-refractivity contribution in [1.29, 1.82) is 15.8 Å². The molecule has 0 aliphatic carbocycles. The summed E-state index contributed by atoms with van der Waals surface area (Å²) < 4.78 is 55.3. The Labute approximate surface area is 343 Å². The minimum absolute atomic E-state index is 0.0549. The van der Waals surface area contributed by atoms with Crippen molar-refractivity contribution in [3.63, 3.8) is 0 Å². The van der Waals surface area contributed by atoms with Gasteiger partial charge in [0.2, 0.25) is 0 Å². The van der Waals surface area contributed by atoms with Gasteiger partial charge in [-0.3, -0.25) is 0 Å². The Hall–Kier alpha value is -8.79. The first-order chi connectivity index (χ1) is 28.9. The van der Waals surface area contributed by atoms with Gasteiger partial charge in [0, 0.05) is 18.2 Å². The number of esters is 3. The lowest BCUT2D eigenvalue weighted by Crippen LogP contribution is -2.09. The van der Waals surface area contributed by atoms with Crippen LogP contribution in [0.1, 0.15) is 64.5 Å². The number of carbonyl (C=O) groups is 3. The van der Waals surface area contributed by atoms with Crippen LogP contribution in [-0.4, -0.2) is 17.9 Å². The van der Waals surface area contributed by atoms with E-state index in [1.807, 2.05) is 6.07 Å². The molecule has 0 heterocycles. The highest BCUT2D eigenvalue weighted by Crippen LogP contribution is 2.22. The predicted octanol–water partition coefficient (Wildman–Crippen LogP) is 10.7. The molecule has 0 saturated carbocycles. The second-order valence-corrected chi connectivity index (χ2v) is 11.9. The fourth-order valence-corrected chi connectivity index (χ4v) is 4.73. The molecule has 0 aliphatic rings. The fourth-order valence-electron chi connectivity index (χ4n) is 4.73. The average molecular weight is 802 g/mol. The molecule has 0 bridgehead atoms. The summed E-state index contributed by atoms with van der Waals surface area (Å²) in [6.07, 6.45) is 4.97. The van der Waals surface area contributed by atoms with Gasteiger partial charge < -0.3 is 14.2 Å². The quantitative estimate of drug-likeness (QED) is 0.103. The predicted molar refractivity (Wildman–Crippen MR) is 218 cm³/mol. The lowest BCUT2D eigenvalue weighted by Gasteiger charge is -2.06. The largest absolute Gasteiger partial charge is 0.423 e. The maximum absolute atomic E-state index is 13.4. The topological polar surface area (TPSA) is 150 Å². The van der Waals surface area contributed by atoms with Crippen LogP contribution in [0.25, 0.3) is 18.2 Å². The first-order valence-corrected chi connectivity index (χ1v) is 17.3. The molecular formula is C48H30F3N3O6. The molecule has 0 spiro atoms. The molecule has 6 aromatic carbocycles. The van der Waals surface area contributed by atoms with E-state index >= 15 is 0 Å². The fraction of sp³-hybridized carbons (Fsp3) is 0. The Morgan fingerprint density at radius 2 is 0.817 bits per heavy atom. The Bertz CT molecular complexity index is 2650. The van der Waals surface area contributed by atoms with Gasteiger partial charge >= 0.3 is 17.9 Å². The van der Waals surface area contributed by atoms with Crippen molar-refractivity contribution in [2.75, 3.05) is 0 Å². The van der Waals surface area contributed by atoms with Crippen LogP contribution in [0.5, 0.6) is 17.2 Å². The van der Waals surface area contributed by atoms with E-state index in [1.54, 1.807) is 109 Å². The summed E-state index contributed by atoms with van der Waals surface area (Å²) in [6, 6.07) is 36.6. The molecule has 0 unspecified atom stereocenters. The van der Waals surface area contributed by atoms with E-state index in [1.165, 1.54) is 30.3 Å². The molecule has 0 aliphatic heterocycles. The molecule has 60 heavy (non-hydrogen) atoms. The first-order valence-electron chi connectivity index (χ1n) is 17.3. The normalized spacial score (nSPS) is 9.60. The van der Waals surface area contributed by atoms with E-state index in [2.05, 4.69) is 19.7 Å². The van der Waals surface area contributed by atoms with Crippen LogP contribution in [0.3, 0.4) is 0 Å². The molecule has 0 atom stereocenters. The van der Waals surface area contributed by atoms with Crippen molar-refractivity contribution in [3.05, 3.63) is 215 Å². The van der Waals surface area contributed by atoms with Crippen LogP contribution in [0, 0.1) is 51.4 Å². The van der Waals surface area contributed by atoms with Crippen molar-refractivity contribution in [3.8, 4) is 35.5 Å². The number of halogens is 3. The van der Waals surface area contributed by atoms with Crippen LogP contribution >= 0.6 is 0 Å². The van der Waals surface area contributed by atoms with Gasteiger partial charge in [-0.25, -0.2) is 27.6 Å². The van der Waals surface area contributed by atoms with E-state index in [0.717, 1.165) is 34.9 Å². The maximum atomic E-state index is 13.4. The number of hydrogen-bond acceptors (Lipinski definition) is 9. The molecule has 294 valence electrons. The summed E-state index contributed by atoms with van der Waals surface area (Å²) in [7, 11) is 0. The molecule has 0 aromatic heterocycles. The molecule has 12 heteroatoms. The molecule has 0 saturated heterocycles. The van der Waals surface area contributed by atoms with Crippen LogP contribution in [0.4, 0.5) is 13.2 Å². The van der Waals surface area contributed by atoms with Crippen molar-refractivity contribution in [2.45, 2.75) is 0 Å². The lowest BCUT2D eigenvalue weighted by molar-refractivity contribution is 0.0724. The maximum Gasteiger partial charge on any atom is 0.343 e. The highest BCUT2D eigenvalue weighted by atomic mass is 19.1. The van der Waals surface area contributed by atoms with E-state index in [9.17, 15) is 27.6 Å². The summed E-state index contributed by atoms with van der Waals surface area (Å²) in [6.45, 7) is 10.8. The van der Waals surface area contributed by atoms with Gasteiger partial charge in [0.05, 0.1) is 33.9 Å². The number of nitrogens with zero attached hydrogens (tertiary/aromatic N) is 3. The average Bonchev–Trinajstić information content (AvgIpc) is 3.27. The Morgan fingerprint density at radius 1 is 0.450 bits per heavy atom. The summed E-state index contributed by atoms with van der Waals surface area (Å²) >= 11 is 0. The van der Waals surface area contributed by atoms with Gasteiger partial charge in [0.1, 0.15) is 52.4 Å². The summed E-state index contributed by atoms with van der Waals surface area (Å²) in [5.74, 6) is -4.50. The second-order valence-electron chi connectivity index (χ2n) is 11.9. The van der Waals surface area contributed by atoms with Crippen LogP contribution in [0.15, 0.2) is 147 Å². The van der Waals surface area contributed by atoms with Gasteiger partial charge in [-0.2, -0.15) is 15.8 Å². The summed E-state index contributed by atoms with van der Waals surface area (Å²) in [5, 5.41) is 25.8. The molecule has 0 amide bonds. The molecular weight excluding hydrogens is 772 g/mol. The summed E-state index contributed by atoms with van der Waals surface area (Å²) in [4.78, 5) is 35.5. The zero-order valence-corrected chi connectivity index (χ0v) is 31.4. The third kappa shape index (κ3) is 12.4. The van der Waals surface area contributed by atoms with Gasteiger partial charge in [-0.05, 0) is 89.5 Å². The van der Waals surface area contributed by atoms with Gasteiger partial charge in [0.15, 0.2) is 0 Å². The minimum atomic E-state index is -1.08. The number of benzene rings is 6. The van der Waals surface area contributed by atoms with E-state index in [-0.39, 0.29) is 22.6 Å².